The van der Waals surface area contributed by atoms with E-state index < -0.39 is 11.6 Å². The Morgan fingerprint density at radius 3 is 2.55 bits per heavy atom. The Morgan fingerprint density at radius 2 is 1.85 bits per heavy atom. The van der Waals surface area contributed by atoms with Crippen LogP contribution in [0.4, 0.5) is 8.78 Å². The maximum absolute atomic E-state index is 13.5. The summed E-state index contributed by atoms with van der Waals surface area (Å²) in [5.74, 6) is 0.254. The normalized spacial score (nSPS) is 10.4. The number of hydrogen-bond donors (Lipinski definition) is 0. The molecule has 2 rings (SSSR count). The zero-order chi connectivity index (χ0) is 14.5. The number of methoxy groups -OCH3 is 1. The molecule has 0 atom stereocenters. The van der Waals surface area contributed by atoms with E-state index in [4.69, 9.17) is 21.1 Å². The molecule has 0 unspecified atom stereocenters. The van der Waals surface area contributed by atoms with Crippen molar-refractivity contribution in [3.8, 4) is 11.5 Å². The summed E-state index contributed by atoms with van der Waals surface area (Å²) in [5, 5.41) is 0. The van der Waals surface area contributed by atoms with Crippen LogP contribution in [0.2, 0.25) is 0 Å². The molecule has 0 bridgehead atoms. The fourth-order valence-electron chi connectivity index (χ4n) is 1.73. The van der Waals surface area contributed by atoms with Gasteiger partial charge in [0.15, 0.2) is 11.5 Å². The molecule has 0 radical (unpaired) electrons. The molecule has 0 spiro atoms. The van der Waals surface area contributed by atoms with Crippen molar-refractivity contribution in [3.63, 3.8) is 0 Å². The van der Waals surface area contributed by atoms with Crippen molar-refractivity contribution in [1.29, 1.82) is 0 Å². The van der Waals surface area contributed by atoms with Gasteiger partial charge >= 0.3 is 0 Å². The summed E-state index contributed by atoms with van der Waals surface area (Å²) in [6, 6.07) is 8.47. The number of ether oxygens (including phenoxy) is 2. The molecule has 2 aromatic rings. The monoisotopic (exact) mass is 298 g/mol. The van der Waals surface area contributed by atoms with Crippen molar-refractivity contribution in [2.24, 2.45) is 0 Å². The molecule has 0 heterocycles. The molecule has 0 aliphatic rings. The van der Waals surface area contributed by atoms with Gasteiger partial charge in [-0.1, -0.05) is 6.07 Å². The smallest absolute Gasteiger partial charge is 0.161 e. The van der Waals surface area contributed by atoms with Crippen molar-refractivity contribution >= 4 is 11.6 Å². The van der Waals surface area contributed by atoms with Crippen LogP contribution in [-0.4, -0.2) is 7.11 Å². The SMILES string of the molecule is COc1ccc(CCl)cc1OCc1cc(F)ccc1F. The van der Waals surface area contributed by atoms with Crippen LogP contribution in [0.15, 0.2) is 36.4 Å². The molecule has 0 N–H and O–H groups in total. The van der Waals surface area contributed by atoms with E-state index in [0.717, 1.165) is 23.8 Å². The van der Waals surface area contributed by atoms with Crippen LogP contribution in [0.5, 0.6) is 11.5 Å². The highest BCUT2D eigenvalue weighted by Crippen LogP contribution is 2.29. The molecule has 0 saturated heterocycles. The number of rotatable bonds is 5. The van der Waals surface area contributed by atoms with Gasteiger partial charge in [-0.15, -0.1) is 11.6 Å². The topological polar surface area (TPSA) is 18.5 Å². The van der Waals surface area contributed by atoms with E-state index in [2.05, 4.69) is 0 Å². The van der Waals surface area contributed by atoms with E-state index in [1.165, 1.54) is 7.11 Å². The molecule has 0 aliphatic carbocycles. The lowest BCUT2D eigenvalue weighted by molar-refractivity contribution is 0.279. The molecule has 20 heavy (non-hydrogen) atoms. The fraction of sp³-hybridized carbons (Fsp3) is 0.200. The number of halogens is 3. The van der Waals surface area contributed by atoms with E-state index >= 15 is 0 Å². The lowest BCUT2D eigenvalue weighted by Crippen LogP contribution is -2.01. The van der Waals surface area contributed by atoms with Gasteiger partial charge in [0, 0.05) is 11.4 Å². The second-order valence-corrected chi connectivity index (χ2v) is 4.41. The van der Waals surface area contributed by atoms with Gasteiger partial charge in [-0.2, -0.15) is 0 Å². The number of benzene rings is 2. The summed E-state index contributed by atoms with van der Waals surface area (Å²) in [6.07, 6.45) is 0. The van der Waals surface area contributed by atoms with Crippen molar-refractivity contribution in [2.75, 3.05) is 7.11 Å². The number of hydrogen-bond acceptors (Lipinski definition) is 2. The third kappa shape index (κ3) is 3.39. The Balaban J connectivity index is 2.19. The summed E-state index contributed by atoms with van der Waals surface area (Å²) >= 11 is 5.75. The van der Waals surface area contributed by atoms with Gasteiger partial charge in [0.05, 0.1) is 7.11 Å². The average molecular weight is 299 g/mol. The predicted molar refractivity (Wildman–Crippen MR) is 73.2 cm³/mol. The van der Waals surface area contributed by atoms with Gasteiger partial charge < -0.3 is 9.47 Å². The predicted octanol–water partition coefficient (Wildman–Crippen LogP) is 4.29. The third-order valence-electron chi connectivity index (χ3n) is 2.77. The molecule has 0 fully saturated rings. The highest BCUT2D eigenvalue weighted by molar-refractivity contribution is 6.17. The Bertz CT molecular complexity index is 602. The summed E-state index contributed by atoms with van der Waals surface area (Å²) in [7, 11) is 1.51. The maximum atomic E-state index is 13.5. The fourth-order valence-corrected chi connectivity index (χ4v) is 1.89. The van der Waals surface area contributed by atoms with Crippen LogP contribution in [-0.2, 0) is 12.5 Å². The van der Waals surface area contributed by atoms with Gasteiger partial charge in [-0.3, -0.25) is 0 Å². The summed E-state index contributed by atoms with van der Waals surface area (Å²) in [4.78, 5) is 0. The van der Waals surface area contributed by atoms with Crippen molar-refractivity contribution in [2.45, 2.75) is 12.5 Å². The molecular weight excluding hydrogens is 286 g/mol. The average Bonchev–Trinajstić information content (AvgIpc) is 2.47. The summed E-state index contributed by atoms with van der Waals surface area (Å²) in [6.45, 7) is -0.0916. The van der Waals surface area contributed by atoms with Crippen LogP contribution < -0.4 is 9.47 Å². The van der Waals surface area contributed by atoms with Gasteiger partial charge in [-0.25, -0.2) is 8.78 Å². The van der Waals surface area contributed by atoms with Crippen LogP contribution in [0.25, 0.3) is 0 Å². The highest BCUT2D eigenvalue weighted by Gasteiger charge is 2.09. The molecule has 5 heteroatoms. The van der Waals surface area contributed by atoms with E-state index in [9.17, 15) is 8.78 Å². The minimum atomic E-state index is -0.515. The van der Waals surface area contributed by atoms with E-state index in [1.54, 1.807) is 12.1 Å². The standard InChI is InChI=1S/C15H13ClF2O2/c1-19-14-5-2-10(8-16)6-15(14)20-9-11-7-12(17)3-4-13(11)18/h2-7H,8-9H2,1H3. The number of alkyl halides is 1. The zero-order valence-corrected chi connectivity index (χ0v) is 11.6. The van der Waals surface area contributed by atoms with Crippen molar-refractivity contribution < 1.29 is 18.3 Å². The zero-order valence-electron chi connectivity index (χ0n) is 10.8. The summed E-state index contributed by atoms with van der Waals surface area (Å²) < 4.78 is 37.2. The lowest BCUT2D eigenvalue weighted by atomic mass is 10.2. The quantitative estimate of drug-likeness (QED) is 0.767. The molecule has 0 saturated carbocycles. The molecule has 106 valence electrons. The first kappa shape index (κ1) is 14.6. The Labute approximate surface area is 120 Å². The van der Waals surface area contributed by atoms with E-state index in [0.29, 0.717) is 17.4 Å². The summed E-state index contributed by atoms with van der Waals surface area (Å²) in [5.41, 5.74) is 0.991. The van der Waals surface area contributed by atoms with Gasteiger partial charge in [0.2, 0.25) is 0 Å². The Hall–Kier alpha value is -1.81. The highest BCUT2D eigenvalue weighted by atomic mass is 35.5. The minimum absolute atomic E-state index is 0.0916. The van der Waals surface area contributed by atoms with Crippen LogP contribution in [0, 0.1) is 11.6 Å². The van der Waals surface area contributed by atoms with Gasteiger partial charge in [0.25, 0.3) is 0 Å². The first-order valence-electron chi connectivity index (χ1n) is 5.93. The first-order valence-corrected chi connectivity index (χ1v) is 6.47. The maximum Gasteiger partial charge on any atom is 0.161 e. The van der Waals surface area contributed by atoms with E-state index in [-0.39, 0.29) is 12.2 Å². The van der Waals surface area contributed by atoms with Crippen LogP contribution >= 0.6 is 11.6 Å². The molecule has 2 aromatic carbocycles. The molecule has 2 nitrogen and oxygen atoms in total. The van der Waals surface area contributed by atoms with Crippen LogP contribution in [0.3, 0.4) is 0 Å². The largest absolute Gasteiger partial charge is 0.493 e. The van der Waals surface area contributed by atoms with Crippen molar-refractivity contribution in [3.05, 3.63) is 59.2 Å². The molecular formula is C15H13ClF2O2. The minimum Gasteiger partial charge on any atom is -0.493 e. The lowest BCUT2D eigenvalue weighted by Gasteiger charge is -2.12. The molecule has 0 amide bonds. The third-order valence-corrected chi connectivity index (χ3v) is 3.08. The Kier molecular flexibility index (Phi) is 4.79. The van der Waals surface area contributed by atoms with Crippen molar-refractivity contribution in [1.82, 2.24) is 0 Å². The Morgan fingerprint density at radius 1 is 1.05 bits per heavy atom. The van der Waals surface area contributed by atoms with Gasteiger partial charge in [-0.05, 0) is 35.9 Å². The molecule has 0 aliphatic heterocycles. The first-order chi connectivity index (χ1) is 9.63. The second-order valence-electron chi connectivity index (χ2n) is 4.14. The van der Waals surface area contributed by atoms with Gasteiger partial charge in [0.1, 0.15) is 18.2 Å². The van der Waals surface area contributed by atoms with E-state index in [1.807, 2.05) is 6.07 Å². The molecule has 0 aromatic heterocycles. The van der Waals surface area contributed by atoms with Crippen LogP contribution in [0.1, 0.15) is 11.1 Å². The second kappa shape index (κ2) is 6.57.